The van der Waals surface area contributed by atoms with Crippen molar-refractivity contribution in [3.63, 3.8) is 0 Å². The first-order valence-electron chi connectivity index (χ1n) is 6.67. The number of ether oxygens (including phenoxy) is 1. The van der Waals surface area contributed by atoms with E-state index in [0.717, 1.165) is 11.4 Å². The molecule has 0 atom stereocenters. The third kappa shape index (κ3) is 3.96. The van der Waals surface area contributed by atoms with E-state index in [0.29, 0.717) is 24.5 Å². The van der Waals surface area contributed by atoms with Crippen LogP contribution in [0.1, 0.15) is 16.2 Å². The molecule has 2 aromatic rings. The van der Waals surface area contributed by atoms with Gasteiger partial charge in [0.2, 0.25) is 0 Å². The van der Waals surface area contributed by atoms with Crippen LogP contribution >= 0.6 is 12.4 Å². The van der Waals surface area contributed by atoms with Gasteiger partial charge < -0.3 is 15.4 Å². The first kappa shape index (κ1) is 17.9. The van der Waals surface area contributed by atoms with E-state index in [4.69, 9.17) is 4.74 Å². The van der Waals surface area contributed by atoms with Gasteiger partial charge in [-0.25, -0.2) is 4.68 Å². The second kappa shape index (κ2) is 8.35. The molecule has 2 N–H and O–H groups in total. The number of aromatic nitrogens is 3. The Labute approximate surface area is 135 Å². The molecule has 1 amide bonds. The lowest BCUT2D eigenvalue weighted by Gasteiger charge is -2.05. The molecule has 0 saturated heterocycles. The van der Waals surface area contributed by atoms with Gasteiger partial charge in [0.25, 0.3) is 5.91 Å². The Balaban J connectivity index is 0.00000242. The first-order valence-corrected chi connectivity index (χ1v) is 6.67. The number of carbonyl (C=O) groups excluding carboxylic acids is 1. The number of methoxy groups -OCH3 is 1. The van der Waals surface area contributed by atoms with Crippen molar-refractivity contribution in [2.75, 3.05) is 27.2 Å². The Hall–Kier alpha value is -2.12. The van der Waals surface area contributed by atoms with Gasteiger partial charge in [0.15, 0.2) is 5.69 Å². The molecule has 0 bridgehead atoms. The van der Waals surface area contributed by atoms with Crippen molar-refractivity contribution in [2.24, 2.45) is 0 Å². The summed E-state index contributed by atoms with van der Waals surface area (Å²) in [5.41, 5.74) is 1.86. The number of hydrogen-bond acceptors (Lipinski definition) is 5. The maximum absolute atomic E-state index is 12.0. The number of halogens is 1. The molecular weight excluding hydrogens is 306 g/mol. The average Bonchev–Trinajstić information content (AvgIpc) is 2.89. The molecule has 2 rings (SSSR count). The monoisotopic (exact) mass is 325 g/mol. The number of benzene rings is 1. The highest BCUT2D eigenvalue weighted by atomic mass is 35.5. The Bertz CT molecular complexity index is 612. The van der Waals surface area contributed by atoms with E-state index in [9.17, 15) is 4.79 Å². The zero-order valence-corrected chi connectivity index (χ0v) is 13.6. The summed E-state index contributed by atoms with van der Waals surface area (Å²) in [5, 5.41) is 13.8. The molecule has 120 valence electrons. The summed E-state index contributed by atoms with van der Waals surface area (Å²) in [5.74, 6) is 0.545. The van der Waals surface area contributed by atoms with Crippen LogP contribution < -0.4 is 15.4 Å². The molecule has 0 aliphatic heterocycles. The van der Waals surface area contributed by atoms with Crippen LogP contribution in [0.5, 0.6) is 5.75 Å². The Morgan fingerprint density at radius 2 is 1.95 bits per heavy atom. The van der Waals surface area contributed by atoms with Crippen molar-refractivity contribution in [2.45, 2.75) is 6.92 Å². The molecule has 1 heterocycles. The van der Waals surface area contributed by atoms with Crippen molar-refractivity contribution in [3.8, 4) is 11.4 Å². The lowest BCUT2D eigenvalue weighted by molar-refractivity contribution is 0.0948. The molecule has 7 nitrogen and oxygen atoms in total. The fourth-order valence-electron chi connectivity index (χ4n) is 1.89. The second-order valence-corrected chi connectivity index (χ2v) is 4.49. The van der Waals surface area contributed by atoms with E-state index in [1.165, 1.54) is 0 Å². The summed E-state index contributed by atoms with van der Waals surface area (Å²) in [6.45, 7) is 3.07. The van der Waals surface area contributed by atoms with Gasteiger partial charge in [-0.05, 0) is 38.2 Å². The highest BCUT2D eigenvalue weighted by molar-refractivity contribution is 5.93. The molecule has 0 spiro atoms. The lowest BCUT2D eigenvalue weighted by Crippen LogP contribution is -2.31. The normalized spacial score (nSPS) is 9.95. The summed E-state index contributed by atoms with van der Waals surface area (Å²) >= 11 is 0. The summed E-state index contributed by atoms with van der Waals surface area (Å²) < 4.78 is 6.75. The number of amides is 1. The van der Waals surface area contributed by atoms with Crippen molar-refractivity contribution >= 4 is 18.3 Å². The van der Waals surface area contributed by atoms with Crippen molar-refractivity contribution in [1.82, 2.24) is 25.6 Å². The van der Waals surface area contributed by atoms with Crippen LogP contribution in [-0.2, 0) is 0 Å². The number of carbonyl (C=O) groups is 1. The quantitative estimate of drug-likeness (QED) is 0.773. The molecule has 22 heavy (non-hydrogen) atoms. The van der Waals surface area contributed by atoms with Crippen molar-refractivity contribution in [1.29, 1.82) is 0 Å². The number of likely N-dealkylation sites (N-methyl/N-ethyl adjacent to an activating group) is 1. The van der Waals surface area contributed by atoms with Gasteiger partial charge >= 0.3 is 0 Å². The van der Waals surface area contributed by atoms with Crippen LogP contribution in [-0.4, -0.2) is 48.1 Å². The maximum Gasteiger partial charge on any atom is 0.273 e. The summed E-state index contributed by atoms with van der Waals surface area (Å²) in [6, 6.07) is 7.40. The molecular formula is C14H20ClN5O2. The minimum atomic E-state index is -0.220. The third-order valence-electron chi connectivity index (χ3n) is 3.09. The van der Waals surface area contributed by atoms with Crippen molar-refractivity contribution in [3.05, 3.63) is 35.7 Å². The van der Waals surface area contributed by atoms with Crippen LogP contribution in [0.3, 0.4) is 0 Å². The number of hydrogen-bond donors (Lipinski definition) is 2. The minimum Gasteiger partial charge on any atom is -0.497 e. The highest BCUT2D eigenvalue weighted by Gasteiger charge is 2.16. The fourth-order valence-corrected chi connectivity index (χ4v) is 1.89. The van der Waals surface area contributed by atoms with Gasteiger partial charge in [-0.15, -0.1) is 17.5 Å². The van der Waals surface area contributed by atoms with E-state index in [2.05, 4.69) is 20.9 Å². The van der Waals surface area contributed by atoms with Crippen LogP contribution in [0.15, 0.2) is 24.3 Å². The summed E-state index contributed by atoms with van der Waals surface area (Å²) in [7, 11) is 3.45. The molecule has 0 saturated carbocycles. The van der Waals surface area contributed by atoms with Crippen LogP contribution in [0.4, 0.5) is 0 Å². The van der Waals surface area contributed by atoms with Crippen molar-refractivity contribution < 1.29 is 9.53 Å². The van der Waals surface area contributed by atoms with Gasteiger partial charge in [-0.1, -0.05) is 5.21 Å². The molecule has 0 aliphatic rings. The third-order valence-corrected chi connectivity index (χ3v) is 3.09. The Morgan fingerprint density at radius 3 is 2.55 bits per heavy atom. The van der Waals surface area contributed by atoms with E-state index in [-0.39, 0.29) is 18.3 Å². The van der Waals surface area contributed by atoms with E-state index >= 15 is 0 Å². The molecule has 8 heteroatoms. The standard InChI is InChI=1S/C14H19N5O2.ClH/c1-10-13(14(20)16-9-8-15-2)17-18-19(10)11-4-6-12(21-3)7-5-11;/h4-7,15H,8-9H2,1-3H3,(H,16,20);1H. The predicted molar refractivity (Wildman–Crippen MR) is 86.2 cm³/mol. The van der Waals surface area contributed by atoms with Crippen LogP contribution in [0, 0.1) is 6.92 Å². The zero-order chi connectivity index (χ0) is 15.2. The van der Waals surface area contributed by atoms with Crippen LogP contribution in [0.2, 0.25) is 0 Å². The minimum absolute atomic E-state index is 0. The zero-order valence-electron chi connectivity index (χ0n) is 12.8. The lowest BCUT2D eigenvalue weighted by atomic mass is 10.2. The molecule has 0 unspecified atom stereocenters. The summed E-state index contributed by atoms with van der Waals surface area (Å²) in [4.78, 5) is 12.0. The Kier molecular flexibility index (Phi) is 6.81. The van der Waals surface area contributed by atoms with E-state index in [1.54, 1.807) is 11.8 Å². The molecule has 1 aromatic carbocycles. The topological polar surface area (TPSA) is 81.1 Å². The SMILES string of the molecule is CNCCNC(=O)c1nnn(-c2ccc(OC)cc2)c1C.Cl. The fraction of sp³-hybridized carbons (Fsp3) is 0.357. The van der Waals surface area contributed by atoms with E-state index < -0.39 is 0 Å². The maximum atomic E-state index is 12.0. The molecule has 0 fully saturated rings. The molecule has 0 aliphatic carbocycles. The number of rotatable bonds is 6. The average molecular weight is 326 g/mol. The smallest absolute Gasteiger partial charge is 0.273 e. The van der Waals surface area contributed by atoms with Gasteiger partial charge in [0, 0.05) is 13.1 Å². The van der Waals surface area contributed by atoms with E-state index in [1.807, 2.05) is 38.2 Å². The number of nitrogens with zero attached hydrogens (tertiary/aromatic N) is 3. The first-order chi connectivity index (χ1) is 10.2. The van der Waals surface area contributed by atoms with Gasteiger partial charge in [0.05, 0.1) is 18.5 Å². The molecule has 1 aromatic heterocycles. The predicted octanol–water partition coefficient (Wildman–Crippen LogP) is 0.955. The van der Waals surface area contributed by atoms with Gasteiger partial charge in [0.1, 0.15) is 5.75 Å². The highest BCUT2D eigenvalue weighted by Crippen LogP contribution is 2.16. The van der Waals surface area contributed by atoms with Crippen LogP contribution in [0.25, 0.3) is 5.69 Å². The van der Waals surface area contributed by atoms with Gasteiger partial charge in [-0.3, -0.25) is 4.79 Å². The summed E-state index contributed by atoms with van der Waals surface area (Å²) in [6.07, 6.45) is 0. The van der Waals surface area contributed by atoms with Gasteiger partial charge in [-0.2, -0.15) is 0 Å². The largest absolute Gasteiger partial charge is 0.497 e. The molecule has 0 radical (unpaired) electrons. The Morgan fingerprint density at radius 1 is 1.27 bits per heavy atom. The number of nitrogens with one attached hydrogen (secondary N) is 2. The second-order valence-electron chi connectivity index (χ2n) is 4.49.